The smallest absolute Gasteiger partial charge is 0.239 e. The van der Waals surface area contributed by atoms with Gasteiger partial charge in [-0.2, -0.15) is 0 Å². The number of rotatable bonds is 6. The minimum Gasteiger partial charge on any atom is -0.486 e. The molecule has 0 spiro atoms. The second kappa shape index (κ2) is 8.71. The molecule has 1 aliphatic heterocycles. The van der Waals surface area contributed by atoms with Crippen molar-refractivity contribution >= 4 is 18.3 Å². The van der Waals surface area contributed by atoms with Crippen LogP contribution in [0.15, 0.2) is 18.2 Å². The molecule has 0 aliphatic carbocycles. The van der Waals surface area contributed by atoms with Crippen LogP contribution >= 0.6 is 12.4 Å². The largest absolute Gasteiger partial charge is 0.486 e. The summed E-state index contributed by atoms with van der Waals surface area (Å²) in [5.41, 5.74) is 6.70. The number of hydrogen-bond donors (Lipinski definition) is 2. The third kappa shape index (κ3) is 5.08. The van der Waals surface area contributed by atoms with Gasteiger partial charge in [-0.3, -0.25) is 4.79 Å². The molecule has 1 unspecified atom stereocenters. The third-order valence-corrected chi connectivity index (χ3v) is 3.00. The Bertz CT molecular complexity index is 470. The summed E-state index contributed by atoms with van der Waals surface area (Å²) in [7, 11) is 1.52. The number of hydrogen-bond acceptors (Lipinski definition) is 5. The Morgan fingerprint density at radius 2 is 2.10 bits per heavy atom. The van der Waals surface area contributed by atoms with Crippen LogP contribution in [0.25, 0.3) is 0 Å². The van der Waals surface area contributed by atoms with Crippen molar-refractivity contribution in [3.63, 3.8) is 0 Å². The van der Waals surface area contributed by atoms with Crippen molar-refractivity contribution in [3.05, 3.63) is 23.8 Å². The van der Waals surface area contributed by atoms with Gasteiger partial charge in [-0.1, -0.05) is 6.07 Å². The van der Waals surface area contributed by atoms with Crippen LogP contribution in [-0.2, 0) is 16.0 Å². The van der Waals surface area contributed by atoms with Crippen LogP contribution in [0.2, 0.25) is 0 Å². The summed E-state index contributed by atoms with van der Waals surface area (Å²) in [6.07, 6.45) is 0.710. The number of nitrogens with two attached hydrogens (primary N) is 1. The number of carbonyl (C=O) groups is 1. The summed E-state index contributed by atoms with van der Waals surface area (Å²) in [4.78, 5) is 11.6. The molecule has 0 aromatic heterocycles. The van der Waals surface area contributed by atoms with Gasteiger partial charge in [0.25, 0.3) is 0 Å². The highest BCUT2D eigenvalue weighted by molar-refractivity contribution is 5.85. The van der Waals surface area contributed by atoms with Crippen LogP contribution in [0.4, 0.5) is 0 Å². The summed E-state index contributed by atoms with van der Waals surface area (Å²) < 4.78 is 15.8. The minimum absolute atomic E-state index is 0. The highest BCUT2D eigenvalue weighted by atomic mass is 35.5. The van der Waals surface area contributed by atoms with E-state index >= 15 is 0 Å². The van der Waals surface area contributed by atoms with Gasteiger partial charge in [0.05, 0.1) is 6.61 Å². The van der Waals surface area contributed by atoms with E-state index in [1.165, 1.54) is 7.11 Å². The number of nitrogens with one attached hydrogen (secondary N) is 1. The maximum atomic E-state index is 11.6. The molecule has 0 saturated carbocycles. The van der Waals surface area contributed by atoms with E-state index in [2.05, 4.69) is 5.32 Å². The zero-order valence-corrected chi connectivity index (χ0v) is 12.8. The van der Waals surface area contributed by atoms with Crippen molar-refractivity contribution in [1.82, 2.24) is 5.32 Å². The predicted molar refractivity (Wildman–Crippen MR) is 81.2 cm³/mol. The molecule has 1 aromatic rings. The second-order valence-electron chi connectivity index (χ2n) is 4.58. The summed E-state index contributed by atoms with van der Waals surface area (Å²) in [5, 5.41) is 2.78. The van der Waals surface area contributed by atoms with Gasteiger partial charge in [-0.15, -0.1) is 12.4 Å². The van der Waals surface area contributed by atoms with E-state index in [1.807, 2.05) is 18.2 Å². The average Bonchev–Trinajstić information content (AvgIpc) is 2.47. The first-order chi connectivity index (χ1) is 9.70. The SMILES string of the molecule is COCC(N)C(=O)NCCc1ccc2c(c1)OCCO2.Cl. The van der Waals surface area contributed by atoms with Gasteiger partial charge in [0, 0.05) is 13.7 Å². The molecule has 118 valence electrons. The summed E-state index contributed by atoms with van der Waals surface area (Å²) >= 11 is 0. The number of halogens is 1. The average molecular weight is 317 g/mol. The Labute approximate surface area is 130 Å². The maximum absolute atomic E-state index is 11.6. The van der Waals surface area contributed by atoms with Gasteiger partial charge >= 0.3 is 0 Å². The zero-order valence-electron chi connectivity index (χ0n) is 12.0. The standard InChI is InChI=1S/C14H20N2O4.ClH/c1-18-9-11(15)14(17)16-5-4-10-2-3-12-13(8-10)20-7-6-19-12;/h2-3,8,11H,4-7,9,15H2,1H3,(H,16,17);1H. The molecule has 6 nitrogen and oxygen atoms in total. The molecule has 0 radical (unpaired) electrons. The first-order valence-electron chi connectivity index (χ1n) is 6.61. The highest BCUT2D eigenvalue weighted by Crippen LogP contribution is 2.30. The van der Waals surface area contributed by atoms with Crippen molar-refractivity contribution in [2.75, 3.05) is 33.5 Å². The summed E-state index contributed by atoms with van der Waals surface area (Å²) in [6, 6.07) is 5.17. The van der Waals surface area contributed by atoms with Crippen molar-refractivity contribution in [3.8, 4) is 11.5 Å². The second-order valence-corrected chi connectivity index (χ2v) is 4.58. The van der Waals surface area contributed by atoms with E-state index in [-0.39, 0.29) is 24.9 Å². The van der Waals surface area contributed by atoms with Crippen LogP contribution < -0.4 is 20.5 Å². The van der Waals surface area contributed by atoms with Crippen LogP contribution in [0.1, 0.15) is 5.56 Å². The van der Waals surface area contributed by atoms with Crippen LogP contribution in [0, 0.1) is 0 Å². The molecule has 21 heavy (non-hydrogen) atoms. The lowest BCUT2D eigenvalue weighted by Crippen LogP contribution is -2.44. The number of fused-ring (bicyclic) bond motifs is 1. The molecule has 1 aliphatic rings. The lowest BCUT2D eigenvalue weighted by Gasteiger charge is -2.19. The Balaban J connectivity index is 0.00000220. The van der Waals surface area contributed by atoms with Crippen molar-refractivity contribution in [2.45, 2.75) is 12.5 Å². The summed E-state index contributed by atoms with van der Waals surface area (Å²) in [5.74, 6) is 1.33. The first-order valence-corrected chi connectivity index (χ1v) is 6.61. The maximum Gasteiger partial charge on any atom is 0.239 e. The lowest BCUT2D eigenvalue weighted by molar-refractivity contribution is -0.123. The van der Waals surface area contributed by atoms with Crippen molar-refractivity contribution in [1.29, 1.82) is 0 Å². The minimum atomic E-state index is -0.625. The van der Waals surface area contributed by atoms with Gasteiger partial charge in [-0.05, 0) is 24.1 Å². The molecule has 1 heterocycles. The van der Waals surface area contributed by atoms with Crippen molar-refractivity contribution in [2.24, 2.45) is 5.73 Å². The molecule has 3 N–H and O–H groups in total. The molecular formula is C14H21ClN2O4. The van der Waals surface area contributed by atoms with E-state index < -0.39 is 6.04 Å². The molecule has 2 rings (SSSR count). The molecular weight excluding hydrogens is 296 g/mol. The Morgan fingerprint density at radius 3 is 2.81 bits per heavy atom. The van der Waals surface area contributed by atoms with E-state index in [1.54, 1.807) is 0 Å². The molecule has 1 amide bonds. The molecule has 1 atom stereocenters. The number of ether oxygens (including phenoxy) is 3. The van der Waals surface area contributed by atoms with E-state index in [0.717, 1.165) is 17.1 Å². The van der Waals surface area contributed by atoms with Gasteiger partial charge < -0.3 is 25.3 Å². The predicted octanol–water partition coefficient (Wildman–Crippen LogP) is 0.512. The third-order valence-electron chi connectivity index (χ3n) is 3.00. The number of amides is 1. The number of carbonyl (C=O) groups excluding carboxylic acids is 1. The van der Waals surface area contributed by atoms with E-state index in [4.69, 9.17) is 19.9 Å². The highest BCUT2D eigenvalue weighted by Gasteiger charge is 2.13. The monoisotopic (exact) mass is 316 g/mol. The molecule has 7 heteroatoms. The van der Waals surface area contributed by atoms with Crippen LogP contribution in [-0.4, -0.2) is 45.4 Å². The fourth-order valence-corrected chi connectivity index (χ4v) is 1.96. The van der Waals surface area contributed by atoms with E-state index in [0.29, 0.717) is 26.2 Å². The molecule has 0 fully saturated rings. The van der Waals surface area contributed by atoms with Gasteiger partial charge in [0.2, 0.25) is 5.91 Å². The Morgan fingerprint density at radius 1 is 1.38 bits per heavy atom. The van der Waals surface area contributed by atoms with Crippen LogP contribution in [0.5, 0.6) is 11.5 Å². The Hall–Kier alpha value is -1.50. The number of benzene rings is 1. The first kappa shape index (κ1) is 17.6. The summed E-state index contributed by atoms with van der Waals surface area (Å²) in [6.45, 7) is 1.89. The molecule has 0 bridgehead atoms. The lowest BCUT2D eigenvalue weighted by atomic mass is 10.1. The quantitative estimate of drug-likeness (QED) is 0.799. The van der Waals surface area contributed by atoms with E-state index in [9.17, 15) is 4.79 Å². The normalized spacial score (nSPS) is 14.0. The number of methoxy groups -OCH3 is 1. The van der Waals surface area contributed by atoms with Gasteiger partial charge in [-0.25, -0.2) is 0 Å². The zero-order chi connectivity index (χ0) is 14.4. The van der Waals surface area contributed by atoms with Crippen molar-refractivity contribution < 1.29 is 19.0 Å². The topological polar surface area (TPSA) is 82.8 Å². The molecule has 1 aromatic carbocycles. The molecule has 0 saturated heterocycles. The van der Waals surface area contributed by atoms with Gasteiger partial charge in [0.15, 0.2) is 11.5 Å². The fraction of sp³-hybridized carbons (Fsp3) is 0.500. The van der Waals surface area contributed by atoms with Gasteiger partial charge in [0.1, 0.15) is 19.3 Å². The Kier molecular flexibility index (Phi) is 7.28. The van der Waals surface area contributed by atoms with Crippen LogP contribution in [0.3, 0.4) is 0 Å². The fourth-order valence-electron chi connectivity index (χ4n) is 1.96.